The minimum absolute atomic E-state index is 0.203. The lowest BCUT2D eigenvalue weighted by atomic mass is 10.6. The number of hydrogen-bond donors (Lipinski definition) is 0. The van der Waals surface area contributed by atoms with E-state index in [0.717, 1.165) is 0 Å². The van der Waals surface area contributed by atoms with Gasteiger partial charge in [0.15, 0.2) is 4.73 Å². The molecular formula is C7H9BrN2O2. The quantitative estimate of drug-likeness (QED) is 0.737. The van der Waals surface area contributed by atoms with Gasteiger partial charge in [-0.15, -0.1) is 0 Å². The molecule has 0 aromatic carbocycles. The molecule has 5 heteroatoms. The Balaban J connectivity index is 2.52. The van der Waals surface area contributed by atoms with E-state index in [0.29, 0.717) is 11.3 Å². The maximum Gasteiger partial charge on any atom is 0.326 e. The zero-order valence-electron chi connectivity index (χ0n) is 6.66. The van der Waals surface area contributed by atoms with E-state index in [2.05, 4.69) is 20.9 Å². The van der Waals surface area contributed by atoms with Crippen molar-refractivity contribution < 1.29 is 9.53 Å². The SMILES string of the molecule is CCOC(=O)Cn1ccnc1Br. The van der Waals surface area contributed by atoms with E-state index in [9.17, 15) is 4.79 Å². The smallest absolute Gasteiger partial charge is 0.326 e. The lowest BCUT2D eigenvalue weighted by Gasteiger charge is -2.02. The first-order chi connectivity index (χ1) is 5.74. The Hall–Kier alpha value is -0.840. The molecule has 1 heterocycles. The van der Waals surface area contributed by atoms with Crippen LogP contribution >= 0.6 is 15.9 Å². The number of hydrogen-bond acceptors (Lipinski definition) is 3. The van der Waals surface area contributed by atoms with Gasteiger partial charge >= 0.3 is 5.97 Å². The standard InChI is InChI=1S/C7H9BrN2O2/c1-2-12-6(11)5-10-4-3-9-7(10)8/h3-4H,2,5H2,1H3. The first-order valence-electron chi connectivity index (χ1n) is 3.56. The first kappa shape index (κ1) is 9.25. The molecule has 0 spiro atoms. The number of rotatable bonds is 3. The molecule has 1 aromatic rings. The molecule has 4 nitrogen and oxygen atoms in total. The van der Waals surface area contributed by atoms with Gasteiger partial charge in [0.25, 0.3) is 0 Å². The molecule has 0 aliphatic carbocycles. The Kier molecular flexibility index (Phi) is 3.28. The van der Waals surface area contributed by atoms with Crippen LogP contribution < -0.4 is 0 Å². The van der Waals surface area contributed by atoms with E-state index in [4.69, 9.17) is 4.74 Å². The maximum atomic E-state index is 11.0. The third-order valence-electron chi connectivity index (χ3n) is 1.27. The van der Waals surface area contributed by atoms with Gasteiger partial charge in [0.05, 0.1) is 6.61 Å². The molecule has 0 radical (unpaired) electrons. The van der Waals surface area contributed by atoms with Crippen LogP contribution in [-0.2, 0) is 16.1 Å². The molecule has 0 aliphatic rings. The number of esters is 1. The van der Waals surface area contributed by atoms with Crippen molar-refractivity contribution in [2.75, 3.05) is 6.61 Å². The molecular weight excluding hydrogens is 224 g/mol. The lowest BCUT2D eigenvalue weighted by molar-refractivity contribution is -0.143. The van der Waals surface area contributed by atoms with Crippen molar-refractivity contribution in [3.8, 4) is 0 Å². The summed E-state index contributed by atoms with van der Waals surface area (Å²) in [7, 11) is 0. The molecule has 0 unspecified atom stereocenters. The highest BCUT2D eigenvalue weighted by molar-refractivity contribution is 9.10. The van der Waals surface area contributed by atoms with E-state index in [1.807, 2.05) is 0 Å². The van der Waals surface area contributed by atoms with Crippen LogP contribution in [0, 0.1) is 0 Å². The molecule has 0 amide bonds. The van der Waals surface area contributed by atoms with Crippen molar-refractivity contribution >= 4 is 21.9 Å². The Morgan fingerprint density at radius 2 is 2.58 bits per heavy atom. The molecule has 1 aromatic heterocycles. The molecule has 0 aliphatic heterocycles. The Labute approximate surface area is 78.7 Å². The second-order valence-electron chi connectivity index (χ2n) is 2.13. The van der Waals surface area contributed by atoms with E-state index in [1.54, 1.807) is 23.9 Å². The van der Waals surface area contributed by atoms with Crippen LogP contribution in [-0.4, -0.2) is 22.1 Å². The highest BCUT2D eigenvalue weighted by atomic mass is 79.9. The summed E-state index contributed by atoms with van der Waals surface area (Å²) in [5.41, 5.74) is 0. The Morgan fingerprint density at radius 3 is 3.08 bits per heavy atom. The summed E-state index contributed by atoms with van der Waals surface area (Å²) in [4.78, 5) is 14.9. The van der Waals surface area contributed by atoms with Gasteiger partial charge in [-0.3, -0.25) is 4.79 Å². The van der Waals surface area contributed by atoms with Gasteiger partial charge < -0.3 is 9.30 Å². The van der Waals surface area contributed by atoms with Gasteiger partial charge in [-0.25, -0.2) is 4.98 Å². The van der Waals surface area contributed by atoms with Crippen LogP contribution in [0.25, 0.3) is 0 Å². The average molecular weight is 233 g/mol. The van der Waals surface area contributed by atoms with Gasteiger partial charge in [0.1, 0.15) is 6.54 Å². The summed E-state index contributed by atoms with van der Waals surface area (Å²) in [6.07, 6.45) is 3.32. The predicted octanol–water partition coefficient (Wildman–Crippen LogP) is 1.21. The average Bonchev–Trinajstić information content (AvgIpc) is 2.37. The summed E-state index contributed by atoms with van der Waals surface area (Å²) in [5, 5.41) is 0. The van der Waals surface area contributed by atoms with Gasteiger partial charge in [0, 0.05) is 12.4 Å². The van der Waals surface area contributed by atoms with E-state index >= 15 is 0 Å². The van der Waals surface area contributed by atoms with Crippen LogP contribution in [0.5, 0.6) is 0 Å². The molecule has 0 saturated carbocycles. The number of carbonyl (C=O) groups excluding carboxylic acids is 1. The van der Waals surface area contributed by atoms with Crippen LogP contribution in [0.1, 0.15) is 6.92 Å². The fourth-order valence-electron chi connectivity index (χ4n) is 0.775. The Bertz CT molecular complexity index is 272. The van der Waals surface area contributed by atoms with Crippen molar-refractivity contribution in [3.63, 3.8) is 0 Å². The topological polar surface area (TPSA) is 44.1 Å². The molecule has 66 valence electrons. The summed E-state index contributed by atoms with van der Waals surface area (Å²) in [5.74, 6) is -0.254. The van der Waals surface area contributed by atoms with Gasteiger partial charge in [-0.05, 0) is 22.9 Å². The van der Waals surface area contributed by atoms with E-state index in [-0.39, 0.29) is 12.5 Å². The minimum Gasteiger partial charge on any atom is -0.465 e. The molecule has 0 N–H and O–H groups in total. The molecule has 1 rings (SSSR count). The van der Waals surface area contributed by atoms with E-state index < -0.39 is 0 Å². The summed E-state index contributed by atoms with van der Waals surface area (Å²) < 4.78 is 7.06. The minimum atomic E-state index is -0.254. The van der Waals surface area contributed by atoms with Crippen LogP contribution in [0.2, 0.25) is 0 Å². The summed E-state index contributed by atoms with van der Waals surface area (Å²) in [6, 6.07) is 0. The van der Waals surface area contributed by atoms with Crippen molar-refractivity contribution in [1.82, 2.24) is 9.55 Å². The number of halogens is 1. The number of carbonyl (C=O) groups is 1. The predicted molar refractivity (Wildman–Crippen MR) is 46.6 cm³/mol. The van der Waals surface area contributed by atoms with Crippen molar-refractivity contribution in [2.45, 2.75) is 13.5 Å². The zero-order chi connectivity index (χ0) is 8.97. The highest BCUT2D eigenvalue weighted by Crippen LogP contribution is 2.05. The third-order valence-corrected chi connectivity index (χ3v) is 1.93. The summed E-state index contributed by atoms with van der Waals surface area (Å²) >= 11 is 3.19. The zero-order valence-corrected chi connectivity index (χ0v) is 8.24. The van der Waals surface area contributed by atoms with Gasteiger partial charge in [-0.2, -0.15) is 0 Å². The normalized spacial score (nSPS) is 9.83. The largest absolute Gasteiger partial charge is 0.465 e. The number of aromatic nitrogens is 2. The Morgan fingerprint density at radius 1 is 1.83 bits per heavy atom. The number of ether oxygens (including phenoxy) is 1. The third kappa shape index (κ3) is 2.34. The van der Waals surface area contributed by atoms with E-state index in [1.165, 1.54) is 0 Å². The summed E-state index contributed by atoms with van der Waals surface area (Å²) in [6.45, 7) is 2.39. The fourth-order valence-corrected chi connectivity index (χ4v) is 1.14. The molecule has 0 atom stereocenters. The van der Waals surface area contributed by atoms with Crippen molar-refractivity contribution in [1.29, 1.82) is 0 Å². The van der Waals surface area contributed by atoms with Crippen molar-refractivity contribution in [2.24, 2.45) is 0 Å². The van der Waals surface area contributed by atoms with Crippen LogP contribution in [0.15, 0.2) is 17.1 Å². The molecule has 0 saturated heterocycles. The van der Waals surface area contributed by atoms with Crippen molar-refractivity contribution in [3.05, 3.63) is 17.1 Å². The van der Waals surface area contributed by atoms with Crippen LogP contribution in [0.4, 0.5) is 0 Å². The maximum absolute atomic E-state index is 11.0. The van der Waals surface area contributed by atoms with Crippen LogP contribution in [0.3, 0.4) is 0 Å². The monoisotopic (exact) mass is 232 g/mol. The molecule has 12 heavy (non-hydrogen) atoms. The second kappa shape index (κ2) is 4.25. The highest BCUT2D eigenvalue weighted by Gasteiger charge is 2.04. The first-order valence-corrected chi connectivity index (χ1v) is 4.35. The second-order valence-corrected chi connectivity index (χ2v) is 2.84. The lowest BCUT2D eigenvalue weighted by Crippen LogP contribution is -2.12. The number of nitrogens with zero attached hydrogens (tertiary/aromatic N) is 2. The molecule has 0 fully saturated rings. The van der Waals surface area contributed by atoms with Gasteiger partial charge in [0.2, 0.25) is 0 Å². The fraction of sp³-hybridized carbons (Fsp3) is 0.429. The number of imidazole rings is 1. The van der Waals surface area contributed by atoms with Gasteiger partial charge in [-0.1, -0.05) is 0 Å². The molecule has 0 bridgehead atoms.